The smallest absolute Gasteiger partial charge is 0.221 e. The maximum Gasteiger partial charge on any atom is 0.221 e. The summed E-state index contributed by atoms with van der Waals surface area (Å²) in [6.07, 6.45) is 4.47. The number of hydrogen-bond donors (Lipinski definition) is 2. The van der Waals surface area contributed by atoms with Crippen LogP contribution in [0.3, 0.4) is 0 Å². The number of amides is 1. The lowest BCUT2D eigenvalue weighted by molar-refractivity contribution is -0.114. The van der Waals surface area contributed by atoms with Crippen molar-refractivity contribution in [3.8, 4) is 0 Å². The van der Waals surface area contributed by atoms with Gasteiger partial charge in [-0.15, -0.1) is 0 Å². The number of carbonyl (C=O) groups excluding carboxylic acids is 1. The third-order valence-electron chi connectivity index (χ3n) is 3.25. The van der Waals surface area contributed by atoms with Crippen LogP contribution in [0.1, 0.15) is 38.2 Å². The number of nitrogens with one attached hydrogen (secondary N) is 1. The van der Waals surface area contributed by atoms with Crippen molar-refractivity contribution in [3.05, 3.63) is 29.8 Å². The molecule has 3 heteroatoms. The predicted molar refractivity (Wildman–Crippen MR) is 65.1 cm³/mol. The zero-order valence-electron chi connectivity index (χ0n) is 9.62. The second-order valence-corrected chi connectivity index (χ2v) is 4.63. The van der Waals surface area contributed by atoms with Crippen molar-refractivity contribution in [2.24, 2.45) is 5.73 Å². The lowest BCUT2D eigenvalue weighted by Crippen LogP contribution is -2.33. The molecule has 1 amide bonds. The summed E-state index contributed by atoms with van der Waals surface area (Å²) in [5.41, 5.74) is 8.15. The first-order valence-corrected chi connectivity index (χ1v) is 5.77. The largest absolute Gasteiger partial charge is 0.326 e. The molecule has 0 spiro atoms. The maximum atomic E-state index is 11.0. The van der Waals surface area contributed by atoms with Gasteiger partial charge in [-0.1, -0.05) is 25.0 Å². The minimum atomic E-state index is -0.186. The standard InChI is InChI=1S/C13H18N2O/c1-10(16)15-12-6-4-5-11(9-12)13(14)7-2-3-8-13/h4-6,9H,2-3,7-8,14H2,1H3,(H,15,16). The van der Waals surface area contributed by atoms with Gasteiger partial charge >= 0.3 is 0 Å². The van der Waals surface area contributed by atoms with Gasteiger partial charge in [0.05, 0.1) is 0 Å². The molecule has 1 aromatic carbocycles. The van der Waals surface area contributed by atoms with E-state index in [1.54, 1.807) is 0 Å². The van der Waals surface area contributed by atoms with Crippen LogP contribution in [-0.2, 0) is 10.3 Å². The number of hydrogen-bond acceptors (Lipinski definition) is 2. The van der Waals surface area contributed by atoms with Gasteiger partial charge in [0.25, 0.3) is 0 Å². The van der Waals surface area contributed by atoms with Crippen molar-refractivity contribution in [2.75, 3.05) is 5.32 Å². The Morgan fingerprint density at radius 2 is 2.06 bits per heavy atom. The molecule has 1 aromatic rings. The number of rotatable bonds is 2. The Balaban J connectivity index is 2.24. The number of carbonyl (C=O) groups is 1. The monoisotopic (exact) mass is 218 g/mol. The van der Waals surface area contributed by atoms with Gasteiger partial charge in [0.15, 0.2) is 0 Å². The van der Waals surface area contributed by atoms with E-state index in [0.717, 1.165) is 24.1 Å². The molecule has 0 unspecified atom stereocenters. The van der Waals surface area contributed by atoms with Gasteiger partial charge in [-0.05, 0) is 30.5 Å². The van der Waals surface area contributed by atoms with Crippen LogP contribution in [0.5, 0.6) is 0 Å². The highest BCUT2D eigenvalue weighted by atomic mass is 16.1. The molecule has 1 saturated carbocycles. The first kappa shape index (κ1) is 11.1. The summed E-state index contributed by atoms with van der Waals surface area (Å²) in [6.45, 7) is 1.51. The van der Waals surface area contributed by atoms with E-state index in [0.29, 0.717) is 0 Å². The fourth-order valence-corrected chi connectivity index (χ4v) is 2.40. The molecule has 3 N–H and O–H groups in total. The van der Waals surface area contributed by atoms with Crippen LogP contribution < -0.4 is 11.1 Å². The van der Waals surface area contributed by atoms with Crippen LogP contribution in [-0.4, -0.2) is 5.91 Å². The van der Waals surface area contributed by atoms with E-state index in [1.807, 2.05) is 18.2 Å². The SMILES string of the molecule is CC(=O)Nc1cccc(C2(N)CCCC2)c1. The van der Waals surface area contributed by atoms with Crippen LogP contribution >= 0.6 is 0 Å². The van der Waals surface area contributed by atoms with Crippen molar-refractivity contribution in [1.29, 1.82) is 0 Å². The lowest BCUT2D eigenvalue weighted by Gasteiger charge is -2.24. The predicted octanol–water partition coefficient (Wildman–Crippen LogP) is 2.37. The van der Waals surface area contributed by atoms with E-state index in [2.05, 4.69) is 11.4 Å². The first-order valence-electron chi connectivity index (χ1n) is 5.77. The molecule has 0 heterocycles. The minimum Gasteiger partial charge on any atom is -0.326 e. The summed E-state index contributed by atoms with van der Waals surface area (Å²) in [4.78, 5) is 11.0. The molecule has 0 aliphatic heterocycles. The molecule has 0 bridgehead atoms. The molecule has 1 fully saturated rings. The summed E-state index contributed by atoms with van der Waals surface area (Å²) in [5, 5.41) is 2.79. The molecular weight excluding hydrogens is 200 g/mol. The maximum absolute atomic E-state index is 11.0. The zero-order chi connectivity index (χ0) is 11.6. The third kappa shape index (κ3) is 2.25. The molecular formula is C13H18N2O. The molecule has 2 rings (SSSR count). The van der Waals surface area contributed by atoms with Gasteiger partial charge in [-0.2, -0.15) is 0 Å². The summed E-state index contributed by atoms with van der Waals surface area (Å²) >= 11 is 0. The third-order valence-corrected chi connectivity index (χ3v) is 3.25. The van der Waals surface area contributed by atoms with Gasteiger partial charge in [0.2, 0.25) is 5.91 Å². The Kier molecular flexibility index (Phi) is 2.97. The average molecular weight is 218 g/mol. The van der Waals surface area contributed by atoms with Crippen molar-refractivity contribution in [1.82, 2.24) is 0 Å². The molecule has 1 aliphatic rings. The van der Waals surface area contributed by atoms with E-state index in [9.17, 15) is 4.79 Å². The molecule has 16 heavy (non-hydrogen) atoms. The molecule has 86 valence electrons. The Bertz CT molecular complexity index is 395. The number of anilines is 1. The minimum absolute atomic E-state index is 0.0466. The Labute approximate surface area is 96.0 Å². The van der Waals surface area contributed by atoms with E-state index in [1.165, 1.54) is 19.8 Å². The van der Waals surface area contributed by atoms with Gasteiger partial charge in [-0.3, -0.25) is 4.79 Å². The first-order chi connectivity index (χ1) is 7.60. The molecule has 1 aliphatic carbocycles. The fourth-order valence-electron chi connectivity index (χ4n) is 2.40. The Morgan fingerprint density at radius 1 is 1.38 bits per heavy atom. The summed E-state index contributed by atoms with van der Waals surface area (Å²) in [7, 11) is 0. The summed E-state index contributed by atoms with van der Waals surface area (Å²) < 4.78 is 0. The van der Waals surface area contributed by atoms with Gasteiger partial charge in [0.1, 0.15) is 0 Å². The lowest BCUT2D eigenvalue weighted by atomic mass is 9.89. The van der Waals surface area contributed by atoms with Crippen LogP contribution in [0.25, 0.3) is 0 Å². The van der Waals surface area contributed by atoms with Gasteiger partial charge < -0.3 is 11.1 Å². The van der Waals surface area contributed by atoms with Crippen LogP contribution in [0.2, 0.25) is 0 Å². The fraction of sp³-hybridized carbons (Fsp3) is 0.462. The van der Waals surface area contributed by atoms with E-state index in [-0.39, 0.29) is 11.4 Å². The quantitative estimate of drug-likeness (QED) is 0.800. The van der Waals surface area contributed by atoms with Crippen molar-refractivity contribution in [2.45, 2.75) is 38.1 Å². The Morgan fingerprint density at radius 3 is 2.69 bits per heavy atom. The zero-order valence-corrected chi connectivity index (χ0v) is 9.62. The highest BCUT2D eigenvalue weighted by molar-refractivity contribution is 5.88. The Hall–Kier alpha value is -1.35. The van der Waals surface area contributed by atoms with Crippen molar-refractivity contribution in [3.63, 3.8) is 0 Å². The van der Waals surface area contributed by atoms with Crippen LogP contribution in [0.15, 0.2) is 24.3 Å². The van der Waals surface area contributed by atoms with E-state index < -0.39 is 0 Å². The number of nitrogens with two attached hydrogens (primary N) is 1. The summed E-state index contributed by atoms with van der Waals surface area (Å²) in [5.74, 6) is -0.0466. The normalized spacial score (nSPS) is 18.4. The molecule has 0 aromatic heterocycles. The molecule has 3 nitrogen and oxygen atoms in total. The molecule has 0 radical (unpaired) electrons. The van der Waals surface area contributed by atoms with Crippen LogP contribution in [0, 0.1) is 0 Å². The van der Waals surface area contributed by atoms with Crippen LogP contribution in [0.4, 0.5) is 5.69 Å². The van der Waals surface area contributed by atoms with Gasteiger partial charge in [-0.25, -0.2) is 0 Å². The molecule has 0 saturated heterocycles. The second-order valence-electron chi connectivity index (χ2n) is 4.63. The summed E-state index contributed by atoms with van der Waals surface area (Å²) in [6, 6.07) is 7.89. The highest BCUT2D eigenvalue weighted by Gasteiger charge is 2.31. The average Bonchev–Trinajstić information content (AvgIpc) is 2.66. The van der Waals surface area contributed by atoms with Gasteiger partial charge in [0, 0.05) is 18.2 Å². The van der Waals surface area contributed by atoms with E-state index >= 15 is 0 Å². The number of benzene rings is 1. The van der Waals surface area contributed by atoms with Crippen molar-refractivity contribution < 1.29 is 4.79 Å². The highest BCUT2D eigenvalue weighted by Crippen LogP contribution is 2.36. The topological polar surface area (TPSA) is 55.1 Å². The van der Waals surface area contributed by atoms with E-state index in [4.69, 9.17) is 5.73 Å². The second kappa shape index (κ2) is 4.26. The molecule has 0 atom stereocenters. The van der Waals surface area contributed by atoms with Crippen molar-refractivity contribution >= 4 is 11.6 Å².